The van der Waals surface area contributed by atoms with E-state index in [4.69, 9.17) is 19.5 Å². The van der Waals surface area contributed by atoms with E-state index < -0.39 is 61.2 Å². The number of hydrogen-bond acceptors (Lipinski definition) is 10. The normalized spacial score (nSPS) is 24.6. The summed E-state index contributed by atoms with van der Waals surface area (Å²) in [4.78, 5) is 23.8. The van der Waals surface area contributed by atoms with E-state index in [0.29, 0.717) is 6.42 Å². The number of hydrogen-bond donors (Lipinski definition) is 4. The highest BCUT2D eigenvalue weighted by molar-refractivity contribution is 8.13. The Morgan fingerprint density at radius 3 is 2.60 bits per heavy atom. The van der Waals surface area contributed by atoms with Crippen LogP contribution in [0.5, 0.6) is 0 Å². The van der Waals surface area contributed by atoms with Gasteiger partial charge in [-0.25, -0.2) is 18.7 Å². The predicted molar refractivity (Wildman–Crippen MR) is 146 cm³/mol. The Kier molecular flexibility index (Phi) is 10.7. The van der Waals surface area contributed by atoms with Gasteiger partial charge in [-0.2, -0.15) is 5.10 Å². The number of primary amides is 1. The molecule has 1 aromatic heterocycles. The molecule has 1 fully saturated rings. The molecule has 1 aliphatic rings. The zero-order chi connectivity index (χ0) is 29.7. The van der Waals surface area contributed by atoms with E-state index in [0.717, 1.165) is 28.2 Å². The second kappa shape index (κ2) is 13.2. The maximum Gasteiger partial charge on any atom is 0.405 e. The molecule has 3 rings (SSSR count). The first-order valence-corrected chi connectivity index (χ1v) is 15.2. The number of ether oxygens (including phenoxy) is 1. The highest BCUT2D eigenvalue weighted by Gasteiger charge is 2.54. The average Bonchev–Trinajstić information content (AvgIpc) is 3.41. The van der Waals surface area contributed by atoms with Gasteiger partial charge in [0, 0.05) is 17.7 Å². The first-order valence-electron chi connectivity index (χ1n) is 12.7. The number of benzene rings is 1. The van der Waals surface area contributed by atoms with Gasteiger partial charge in [-0.05, 0) is 18.9 Å². The fourth-order valence-electron chi connectivity index (χ4n) is 3.73. The molecule has 1 saturated heterocycles. The number of amides is 1. The standard InChI is InChI=1S/C25H36FN4O8PS/c1-5-24(2,3)23(33)40-12-11-36-39(35,28-13-16-9-7-6-8-10-16)37-15-18-20(31)25(4,34)22(38-18)30-14-17(26)19(29-30)21(27)32/h6-10,14,18,20,22,31,34H,5,11-13,15H2,1-4H3,(H2,27,32)(H,28,35)/t18-,20?,22-,25+,39?/m1/s1. The van der Waals surface area contributed by atoms with Crippen molar-refractivity contribution in [3.63, 3.8) is 0 Å². The highest BCUT2D eigenvalue weighted by Crippen LogP contribution is 2.46. The molecule has 5 atom stereocenters. The molecule has 0 saturated carbocycles. The molecule has 0 aliphatic carbocycles. The number of aliphatic hydroxyl groups excluding tert-OH is 1. The van der Waals surface area contributed by atoms with Crippen LogP contribution in [0.2, 0.25) is 0 Å². The van der Waals surface area contributed by atoms with Gasteiger partial charge in [0.2, 0.25) is 0 Å². The number of carbonyl (C=O) groups is 2. The van der Waals surface area contributed by atoms with Crippen LogP contribution in [0.4, 0.5) is 4.39 Å². The van der Waals surface area contributed by atoms with E-state index in [9.17, 15) is 28.8 Å². The third kappa shape index (κ3) is 7.77. The smallest absolute Gasteiger partial charge is 0.387 e. The van der Waals surface area contributed by atoms with Gasteiger partial charge in [0.15, 0.2) is 22.9 Å². The number of carbonyl (C=O) groups excluding carboxylic acids is 2. The number of rotatable bonds is 14. The van der Waals surface area contributed by atoms with Crippen molar-refractivity contribution in [2.24, 2.45) is 11.1 Å². The van der Waals surface area contributed by atoms with Crippen LogP contribution >= 0.6 is 19.5 Å². The number of halogens is 1. The first kappa shape index (κ1) is 32.4. The van der Waals surface area contributed by atoms with E-state index in [-0.39, 0.29) is 24.0 Å². The fourth-order valence-corrected chi connectivity index (χ4v) is 6.05. The largest absolute Gasteiger partial charge is 0.405 e. The molecule has 5 N–H and O–H groups in total. The lowest BCUT2D eigenvalue weighted by atomic mass is 9.92. The van der Waals surface area contributed by atoms with Crippen LogP contribution in [0.25, 0.3) is 0 Å². The van der Waals surface area contributed by atoms with Crippen LogP contribution in [0.1, 0.15) is 56.4 Å². The summed E-state index contributed by atoms with van der Waals surface area (Å²) in [6.45, 7) is 6.41. The Morgan fingerprint density at radius 1 is 1.32 bits per heavy atom. The zero-order valence-corrected chi connectivity index (χ0v) is 24.5. The quantitative estimate of drug-likeness (QED) is 0.185. The molecule has 2 unspecified atom stereocenters. The Hall–Kier alpha value is -2.16. The number of aliphatic hydroxyl groups is 2. The van der Waals surface area contributed by atoms with Crippen molar-refractivity contribution in [3.8, 4) is 0 Å². The fraction of sp³-hybridized carbons (Fsp3) is 0.560. The molecule has 0 radical (unpaired) electrons. The van der Waals surface area contributed by atoms with Crippen molar-refractivity contribution in [3.05, 3.63) is 53.6 Å². The van der Waals surface area contributed by atoms with Gasteiger partial charge in [-0.1, -0.05) is 62.9 Å². The highest BCUT2D eigenvalue weighted by atomic mass is 32.2. The second-order valence-corrected chi connectivity index (χ2v) is 13.1. The van der Waals surface area contributed by atoms with Gasteiger partial charge in [0.1, 0.15) is 17.8 Å². The van der Waals surface area contributed by atoms with E-state index in [1.54, 1.807) is 0 Å². The van der Waals surface area contributed by atoms with Crippen molar-refractivity contribution in [2.75, 3.05) is 19.0 Å². The van der Waals surface area contributed by atoms with Gasteiger partial charge >= 0.3 is 7.75 Å². The summed E-state index contributed by atoms with van der Waals surface area (Å²) in [5.41, 5.74) is 2.76. The average molecular weight is 603 g/mol. The van der Waals surface area contributed by atoms with Crippen molar-refractivity contribution in [1.29, 1.82) is 0 Å². The second-order valence-electron chi connectivity index (χ2n) is 10.2. The number of nitrogens with zero attached hydrogens (tertiary/aromatic N) is 2. The number of nitrogens with two attached hydrogens (primary N) is 1. The summed E-state index contributed by atoms with van der Waals surface area (Å²) in [6.07, 6.45) is -2.75. The lowest BCUT2D eigenvalue weighted by Gasteiger charge is -2.26. The van der Waals surface area contributed by atoms with E-state index in [1.165, 1.54) is 6.92 Å². The summed E-state index contributed by atoms with van der Waals surface area (Å²) >= 11 is 1.07. The van der Waals surface area contributed by atoms with E-state index in [2.05, 4.69) is 10.2 Å². The summed E-state index contributed by atoms with van der Waals surface area (Å²) < 4.78 is 45.4. The van der Waals surface area contributed by atoms with Crippen molar-refractivity contribution < 1.29 is 42.5 Å². The van der Waals surface area contributed by atoms with Gasteiger partial charge in [0.05, 0.1) is 19.4 Å². The monoisotopic (exact) mass is 602 g/mol. The lowest BCUT2D eigenvalue weighted by molar-refractivity contribution is -0.118. The molecule has 0 spiro atoms. The molecular weight excluding hydrogens is 566 g/mol. The van der Waals surface area contributed by atoms with Crippen molar-refractivity contribution >= 4 is 30.5 Å². The molecule has 15 heteroatoms. The van der Waals surface area contributed by atoms with Crippen molar-refractivity contribution in [2.45, 2.75) is 64.7 Å². The van der Waals surface area contributed by atoms with Gasteiger partial charge < -0.3 is 20.7 Å². The topological polar surface area (TPSA) is 175 Å². The zero-order valence-electron chi connectivity index (χ0n) is 22.8. The first-order chi connectivity index (χ1) is 18.7. The van der Waals surface area contributed by atoms with E-state index in [1.807, 2.05) is 51.1 Å². The van der Waals surface area contributed by atoms with Crippen LogP contribution in [-0.2, 0) is 29.7 Å². The van der Waals surface area contributed by atoms with Crippen LogP contribution in [-0.4, -0.2) is 67.8 Å². The Balaban J connectivity index is 1.68. The molecule has 1 aromatic carbocycles. The molecule has 40 heavy (non-hydrogen) atoms. The number of thioether (sulfide) groups is 1. The lowest BCUT2D eigenvalue weighted by Crippen LogP contribution is -2.44. The summed E-state index contributed by atoms with van der Waals surface area (Å²) in [5.74, 6) is -1.91. The van der Waals surface area contributed by atoms with Crippen LogP contribution < -0.4 is 10.8 Å². The third-order valence-corrected chi connectivity index (χ3v) is 9.40. The minimum atomic E-state index is -4.01. The SMILES string of the molecule is CCC(C)(C)C(=O)SCCOP(=O)(NCc1ccccc1)OC[C@H]1O[C@@H](n2cc(F)c(C(N)=O)n2)[C@@](C)(O)C1O. The third-order valence-electron chi connectivity index (χ3n) is 6.66. The van der Waals surface area contributed by atoms with E-state index >= 15 is 0 Å². The van der Waals surface area contributed by atoms with Crippen LogP contribution in [0, 0.1) is 11.2 Å². The Labute approximate surface area is 236 Å². The number of nitrogens with one attached hydrogen (secondary N) is 1. The Morgan fingerprint density at radius 2 is 2.00 bits per heavy atom. The maximum absolute atomic E-state index is 14.1. The molecule has 1 amide bonds. The molecule has 2 aromatic rings. The Bertz CT molecular complexity index is 1230. The summed E-state index contributed by atoms with van der Waals surface area (Å²) in [6, 6.07) is 9.09. The molecular formula is C25H36FN4O8PS. The molecule has 0 bridgehead atoms. The molecule has 12 nitrogen and oxygen atoms in total. The summed E-state index contributed by atoms with van der Waals surface area (Å²) in [7, 11) is -4.01. The minimum Gasteiger partial charge on any atom is -0.387 e. The number of aromatic nitrogens is 2. The molecule has 2 heterocycles. The van der Waals surface area contributed by atoms with Crippen molar-refractivity contribution in [1.82, 2.24) is 14.9 Å². The van der Waals surface area contributed by atoms with Gasteiger partial charge in [-0.3, -0.25) is 18.6 Å². The van der Waals surface area contributed by atoms with Crippen LogP contribution in [0.3, 0.4) is 0 Å². The predicted octanol–water partition coefficient (Wildman–Crippen LogP) is 2.76. The minimum absolute atomic E-state index is 0.0168. The summed E-state index contributed by atoms with van der Waals surface area (Å²) in [5, 5.41) is 28.1. The van der Waals surface area contributed by atoms with Gasteiger partial charge in [-0.15, -0.1) is 0 Å². The maximum atomic E-state index is 14.1. The van der Waals surface area contributed by atoms with Gasteiger partial charge in [0.25, 0.3) is 5.91 Å². The molecule has 1 aliphatic heterocycles. The van der Waals surface area contributed by atoms with Crippen LogP contribution in [0.15, 0.2) is 36.5 Å². The molecule has 222 valence electrons.